The van der Waals surface area contributed by atoms with Crippen molar-refractivity contribution >= 4 is 0 Å². The van der Waals surface area contributed by atoms with Crippen LogP contribution in [-0.2, 0) is 0 Å². The number of hydrogen-bond donors (Lipinski definition) is 3. The van der Waals surface area contributed by atoms with E-state index in [0.29, 0.717) is 35.8 Å². The quantitative estimate of drug-likeness (QED) is 0.497. The molecule has 7 heteroatoms. The normalized spacial score (nSPS) is 22.0. The molecule has 2 aliphatic rings. The number of aliphatic hydroxyl groups excluding tert-OH is 1. The lowest BCUT2D eigenvalue weighted by molar-refractivity contribution is 0.182. The van der Waals surface area contributed by atoms with E-state index in [2.05, 4.69) is 27.3 Å². The third-order valence-corrected chi connectivity index (χ3v) is 6.28. The van der Waals surface area contributed by atoms with E-state index in [4.69, 9.17) is 10.3 Å². The van der Waals surface area contributed by atoms with Gasteiger partial charge in [-0.05, 0) is 56.9 Å². The van der Waals surface area contributed by atoms with Crippen molar-refractivity contribution in [2.45, 2.75) is 56.8 Å². The predicted molar refractivity (Wildman–Crippen MR) is 122 cm³/mol. The Morgan fingerprint density at radius 1 is 1.25 bits per heavy atom. The molecule has 0 amide bonds. The Morgan fingerprint density at radius 2 is 2.03 bits per heavy atom. The van der Waals surface area contributed by atoms with Crippen molar-refractivity contribution in [3.8, 4) is 23.2 Å². The first kappa shape index (κ1) is 21.0. The number of nitrogens with two attached hydrogens (primary N) is 1. The fourth-order valence-electron chi connectivity index (χ4n) is 4.23. The molecule has 4 N–H and O–H groups in total. The Kier molecular flexibility index (Phi) is 5.83. The summed E-state index contributed by atoms with van der Waals surface area (Å²) in [6.07, 6.45) is 7.76. The summed E-state index contributed by atoms with van der Waals surface area (Å²) < 4.78 is 7.44. The lowest BCUT2D eigenvalue weighted by Gasteiger charge is -2.32. The summed E-state index contributed by atoms with van der Waals surface area (Å²) in [5.74, 6) is 8.44. The highest BCUT2D eigenvalue weighted by molar-refractivity contribution is 5.59. The largest absolute Gasteiger partial charge is 0.385 e. The summed E-state index contributed by atoms with van der Waals surface area (Å²) in [6, 6.07) is 11.1. The molecule has 0 radical (unpaired) electrons. The second-order valence-electron chi connectivity index (χ2n) is 8.89. The number of rotatable bonds is 7. The standard InChI is InChI=1S/C25H29N5O2/c1-16(31)25-27-10-11-30(25)23(15-26)22-14-24(32-29-22)19-6-4-17(5-7-19)2-3-18-12-21(13-18)28-20-8-9-20/h4-7,10-11,14,16,18,20-21,23,28,31H,8-9,12-13,15,26H2,1H3/t16-,18?,21?,23+/m0/s1. The van der Waals surface area contributed by atoms with Crippen LogP contribution in [0, 0.1) is 17.8 Å². The summed E-state index contributed by atoms with van der Waals surface area (Å²) >= 11 is 0. The number of nitrogens with zero attached hydrogens (tertiary/aromatic N) is 3. The third kappa shape index (κ3) is 4.49. The van der Waals surface area contributed by atoms with Crippen LogP contribution in [-0.4, -0.2) is 38.4 Å². The fourth-order valence-corrected chi connectivity index (χ4v) is 4.23. The molecule has 2 aliphatic carbocycles. The molecule has 0 saturated heterocycles. The van der Waals surface area contributed by atoms with E-state index in [1.165, 1.54) is 25.7 Å². The molecule has 2 aromatic heterocycles. The predicted octanol–water partition coefficient (Wildman–Crippen LogP) is 3.02. The van der Waals surface area contributed by atoms with E-state index < -0.39 is 6.10 Å². The SMILES string of the molecule is C[C@H](O)c1nccn1[C@H](CN)c1cc(-c2ccc(C#CC3CC(NC4CC4)C3)cc2)on1. The molecule has 3 aromatic rings. The zero-order valence-electron chi connectivity index (χ0n) is 18.2. The Morgan fingerprint density at radius 3 is 2.72 bits per heavy atom. The smallest absolute Gasteiger partial charge is 0.167 e. The van der Waals surface area contributed by atoms with E-state index in [0.717, 1.165) is 17.2 Å². The van der Waals surface area contributed by atoms with E-state index in [1.54, 1.807) is 19.3 Å². The van der Waals surface area contributed by atoms with Gasteiger partial charge in [0.25, 0.3) is 0 Å². The van der Waals surface area contributed by atoms with E-state index >= 15 is 0 Å². The maximum absolute atomic E-state index is 9.96. The van der Waals surface area contributed by atoms with Gasteiger partial charge in [-0.15, -0.1) is 0 Å². The Hall–Kier alpha value is -2.92. The minimum atomic E-state index is -0.695. The Balaban J connectivity index is 1.24. The van der Waals surface area contributed by atoms with Crippen LogP contribution in [0.5, 0.6) is 0 Å². The van der Waals surface area contributed by atoms with Gasteiger partial charge in [-0.3, -0.25) is 0 Å². The van der Waals surface area contributed by atoms with Crippen LogP contribution in [0.15, 0.2) is 47.2 Å². The fraction of sp³-hybridized carbons (Fsp3) is 0.440. The molecule has 2 saturated carbocycles. The molecule has 0 aliphatic heterocycles. The van der Waals surface area contributed by atoms with Gasteiger partial charge in [-0.25, -0.2) is 4.98 Å². The zero-order chi connectivity index (χ0) is 22.1. The van der Waals surface area contributed by atoms with Gasteiger partial charge in [0.05, 0.1) is 6.04 Å². The molecule has 2 fully saturated rings. The average Bonchev–Trinajstić information content (AvgIpc) is 3.23. The molecule has 0 unspecified atom stereocenters. The Labute approximate surface area is 188 Å². The lowest BCUT2D eigenvalue weighted by Crippen LogP contribution is -2.41. The van der Waals surface area contributed by atoms with Crippen molar-refractivity contribution in [3.63, 3.8) is 0 Å². The van der Waals surface area contributed by atoms with E-state index in [9.17, 15) is 5.11 Å². The van der Waals surface area contributed by atoms with Gasteiger partial charge in [-0.2, -0.15) is 0 Å². The first-order valence-corrected chi connectivity index (χ1v) is 11.4. The molecule has 5 rings (SSSR count). The molecule has 32 heavy (non-hydrogen) atoms. The van der Waals surface area contributed by atoms with Crippen molar-refractivity contribution in [2.75, 3.05) is 6.54 Å². The Bertz CT molecular complexity index is 1110. The van der Waals surface area contributed by atoms with Crippen LogP contribution < -0.4 is 11.1 Å². The number of nitrogens with one attached hydrogen (secondary N) is 1. The minimum Gasteiger partial charge on any atom is -0.385 e. The molecule has 7 nitrogen and oxygen atoms in total. The van der Waals surface area contributed by atoms with Crippen molar-refractivity contribution < 1.29 is 9.63 Å². The highest BCUT2D eigenvalue weighted by Crippen LogP contribution is 2.31. The number of imidazole rings is 1. The van der Waals surface area contributed by atoms with Gasteiger partial charge < -0.3 is 25.2 Å². The van der Waals surface area contributed by atoms with Gasteiger partial charge in [0.1, 0.15) is 17.6 Å². The van der Waals surface area contributed by atoms with Crippen molar-refractivity contribution in [3.05, 3.63) is 59.8 Å². The van der Waals surface area contributed by atoms with Crippen LogP contribution in [0.25, 0.3) is 11.3 Å². The highest BCUT2D eigenvalue weighted by atomic mass is 16.5. The monoisotopic (exact) mass is 431 g/mol. The van der Waals surface area contributed by atoms with Crippen LogP contribution in [0.1, 0.15) is 61.8 Å². The van der Waals surface area contributed by atoms with Crippen LogP contribution >= 0.6 is 0 Å². The molecular weight excluding hydrogens is 402 g/mol. The van der Waals surface area contributed by atoms with Crippen LogP contribution in [0.3, 0.4) is 0 Å². The molecule has 1 aromatic carbocycles. The maximum Gasteiger partial charge on any atom is 0.167 e. The van der Waals surface area contributed by atoms with Gasteiger partial charge in [-0.1, -0.05) is 17.0 Å². The number of aromatic nitrogens is 3. The van der Waals surface area contributed by atoms with Gasteiger partial charge in [0.2, 0.25) is 0 Å². The summed E-state index contributed by atoms with van der Waals surface area (Å²) in [6.45, 7) is 1.99. The van der Waals surface area contributed by atoms with Crippen LogP contribution in [0.4, 0.5) is 0 Å². The molecule has 2 atom stereocenters. The summed E-state index contributed by atoms with van der Waals surface area (Å²) in [5, 5.41) is 17.9. The molecular formula is C25H29N5O2. The molecule has 0 bridgehead atoms. The number of benzene rings is 1. The van der Waals surface area contributed by atoms with Crippen LogP contribution in [0.2, 0.25) is 0 Å². The van der Waals surface area contributed by atoms with Crippen molar-refractivity contribution in [2.24, 2.45) is 11.7 Å². The first-order valence-electron chi connectivity index (χ1n) is 11.4. The maximum atomic E-state index is 9.96. The van der Waals surface area contributed by atoms with Gasteiger partial charge >= 0.3 is 0 Å². The van der Waals surface area contributed by atoms with E-state index in [-0.39, 0.29) is 6.04 Å². The van der Waals surface area contributed by atoms with E-state index in [1.807, 2.05) is 34.9 Å². The number of hydrogen-bond acceptors (Lipinski definition) is 6. The zero-order valence-corrected chi connectivity index (χ0v) is 18.2. The summed E-state index contributed by atoms with van der Waals surface area (Å²) in [4.78, 5) is 4.23. The summed E-state index contributed by atoms with van der Waals surface area (Å²) in [7, 11) is 0. The minimum absolute atomic E-state index is 0.259. The highest BCUT2D eigenvalue weighted by Gasteiger charge is 2.32. The van der Waals surface area contributed by atoms with Gasteiger partial charge in [0, 0.05) is 54.1 Å². The van der Waals surface area contributed by atoms with Crippen molar-refractivity contribution in [1.29, 1.82) is 0 Å². The summed E-state index contributed by atoms with van der Waals surface area (Å²) in [5.41, 5.74) is 8.65. The first-order chi connectivity index (χ1) is 15.6. The number of aliphatic hydroxyl groups is 1. The van der Waals surface area contributed by atoms with Crippen molar-refractivity contribution in [1.82, 2.24) is 20.0 Å². The topological polar surface area (TPSA) is 102 Å². The molecule has 0 spiro atoms. The van der Waals surface area contributed by atoms with Gasteiger partial charge in [0.15, 0.2) is 5.76 Å². The lowest BCUT2D eigenvalue weighted by atomic mass is 9.80. The third-order valence-electron chi connectivity index (χ3n) is 6.28. The average molecular weight is 432 g/mol. The second kappa shape index (κ2) is 8.91. The molecule has 166 valence electrons. The molecule has 2 heterocycles. The second-order valence-corrected chi connectivity index (χ2v) is 8.89.